The van der Waals surface area contributed by atoms with Crippen molar-refractivity contribution < 1.29 is 18.7 Å². The highest BCUT2D eigenvalue weighted by atomic mass is 16.5. The Morgan fingerprint density at radius 1 is 0.818 bits per heavy atom. The second-order valence-corrected chi connectivity index (χ2v) is 7.43. The van der Waals surface area contributed by atoms with Crippen LogP contribution in [-0.2, 0) is 4.79 Å². The van der Waals surface area contributed by atoms with Gasteiger partial charge in [-0.15, -0.1) is 0 Å². The summed E-state index contributed by atoms with van der Waals surface area (Å²) in [6.07, 6.45) is 1.44. The van der Waals surface area contributed by atoms with Gasteiger partial charge in [0.25, 0.3) is 11.8 Å². The van der Waals surface area contributed by atoms with Crippen molar-refractivity contribution in [3.05, 3.63) is 120 Å². The zero-order valence-corrected chi connectivity index (χ0v) is 17.9. The van der Waals surface area contributed by atoms with Gasteiger partial charge in [-0.3, -0.25) is 9.59 Å². The Labute approximate surface area is 192 Å². The maximum Gasteiger partial charge on any atom is 0.291 e. The summed E-state index contributed by atoms with van der Waals surface area (Å²) in [7, 11) is 0. The molecule has 0 atom stereocenters. The molecule has 0 fully saturated rings. The van der Waals surface area contributed by atoms with Crippen LogP contribution >= 0.6 is 0 Å². The van der Waals surface area contributed by atoms with E-state index in [2.05, 4.69) is 34.9 Å². The zero-order valence-electron chi connectivity index (χ0n) is 17.9. The van der Waals surface area contributed by atoms with Gasteiger partial charge in [0.2, 0.25) is 0 Å². The Hall–Kier alpha value is -4.32. The zero-order chi connectivity index (χ0) is 22.9. The fourth-order valence-electron chi connectivity index (χ4n) is 3.48. The molecular weight excluding hydrogens is 416 g/mol. The summed E-state index contributed by atoms with van der Waals surface area (Å²) in [4.78, 5) is 24.6. The largest absolute Gasteiger partial charge is 0.484 e. The lowest BCUT2D eigenvalue weighted by Crippen LogP contribution is -2.32. The Kier molecular flexibility index (Phi) is 7.18. The summed E-state index contributed by atoms with van der Waals surface area (Å²) in [5.41, 5.74) is 2.80. The number of amides is 2. The number of carbonyl (C=O) groups is 2. The minimum absolute atomic E-state index is 0.0384. The van der Waals surface area contributed by atoms with Crippen molar-refractivity contribution in [3.63, 3.8) is 0 Å². The molecule has 0 aliphatic heterocycles. The molecule has 1 heterocycles. The van der Waals surface area contributed by atoms with Crippen LogP contribution in [-0.4, -0.2) is 25.0 Å². The molecule has 0 aliphatic carbocycles. The van der Waals surface area contributed by atoms with Gasteiger partial charge in [0, 0.05) is 24.2 Å². The van der Waals surface area contributed by atoms with Crippen LogP contribution in [0.15, 0.2) is 108 Å². The second kappa shape index (κ2) is 10.8. The number of ether oxygens (including phenoxy) is 1. The van der Waals surface area contributed by atoms with Crippen LogP contribution in [0.4, 0.5) is 5.69 Å². The predicted molar refractivity (Wildman–Crippen MR) is 126 cm³/mol. The lowest BCUT2D eigenvalue weighted by atomic mass is 9.91. The van der Waals surface area contributed by atoms with Crippen LogP contribution in [0.3, 0.4) is 0 Å². The number of rotatable bonds is 9. The topological polar surface area (TPSA) is 80.6 Å². The molecule has 6 heteroatoms. The van der Waals surface area contributed by atoms with Gasteiger partial charge in [-0.1, -0.05) is 66.7 Å². The van der Waals surface area contributed by atoms with Gasteiger partial charge in [-0.25, -0.2) is 0 Å². The Balaban J connectivity index is 1.33. The maximum absolute atomic E-state index is 12.5. The van der Waals surface area contributed by atoms with E-state index in [1.807, 2.05) is 36.4 Å². The third kappa shape index (κ3) is 6.11. The summed E-state index contributed by atoms with van der Waals surface area (Å²) in [6.45, 7) is 0.321. The fraction of sp³-hybridized carbons (Fsp3) is 0.111. The van der Waals surface area contributed by atoms with E-state index < -0.39 is 0 Å². The van der Waals surface area contributed by atoms with Crippen molar-refractivity contribution in [3.8, 4) is 5.75 Å². The quantitative estimate of drug-likeness (QED) is 0.390. The number of carbonyl (C=O) groups excluding carboxylic acids is 2. The first-order valence-corrected chi connectivity index (χ1v) is 10.6. The lowest BCUT2D eigenvalue weighted by molar-refractivity contribution is -0.123. The van der Waals surface area contributed by atoms with Crippen molar-refractivity contribution in [1.29, 1.82) is 0 Å². The Morgan fingerprint density at radius 3 is 2.15 bits per heavy atom. The minimum atomic E-state index is -0.359. The van der Waals surface area contributed by atoms with Gasteiger partial charge < -0.3 is 19.8 Å². The summed E-state index contributed by atoms with van der Waals surface area (Å²) < 4.78 is 10.7. The highest BCUT2D eigenvalue weighted by molar-refractivity contribution is 6.02. The minimum Gasteiger partial charge on any atom is -0.484 e. The SMILES string of the molecule is O=C(COc1cccc(NC(=O)c2ccco2)c1)NCC(c1ccccc1)c1ccccc1. The van der Waals surface area contributed by atoms with Crippen LogP contribution < -0.4 is 15.4 Å². The normalized spacial score (nSPS) is 10.6. The summed E-state index contributed by atoms with van der Waals surface area (Å²) in [6, 6.07) is 30.2. The molecule has 0 saturated carbocycles. The van der Waals surface area contributed by atoms with E-state index >= 15 is 0 Å². The van der Waals surface area contributed by atoms with Crippen LogP contribution in [0.5, 0.6) is 5.75 Å². The molecule has 6 nitrogen and oxygen atoms in total. The molecule has 1 aromatic heterocycles. The number of anilines is 1. The van der Waals surface area contributed by atoms with Crippen LogP contribution in [0.1, 0.15) is 27.6 Å². The van der Waals surface area contributed by atoms with E-state index in [1.165, 1.54) is 6.26 Å². The first-order chi connectivity index (χ1) is 16.2. The Morgan fingerprint density at radius 2 is 1.52 bits per heavy atom. The molecule has 2 amide bonds. The molecule has 3 aromatic carbocycles. The van der Waals surface area contributed by atoms with Crippen molar-refractivity contribution in [2.45, 2.75) is 5.92 Å². The molecule has 0 unspecified atom stereocenters. The van der Waals surface area contributed by atoms with E-state index in [4.69, 9.17) is 9.15 Å². The molecule has 166 valence electrons. The number of hydrogen-bond donors (Lipinski definition) is 2. The second-order valence-electron chi connectivity index (χ2n) is 7.43. The molecule has 0 aliphatic rings. The molecular formula is C27H24N2O4. The number of benzene rings is 3. The van der Waals surface area contributed by atoms with Gasteiger partial charge in [-0.2, -0.15) is 0 Å². The maximum atomic E-state index is 12.5. The van der Waals surface area contributed by atoms with E-state index in [0.29, 0.717) is 18.0 Å². The Bertz CT molecular complexity index is 1140. The van der Waals surface area contributed by atoms with Crippen molar-refractivity contribution in [2.24, 2.45) is 0 Å². The summed E-state index contributed by atoms with van der Waals surface area (Å²) in [5.74, 6) is 0.147. The first-order valence-electron chi connectivity index (χ1n) is 10.6. The number of nitrogens with one attached hydrogen (secondary N) is 2. The lowest BCUT2D eigenvalue weighted by Gasteiger charge is -2.19. The summed E-state index contributed by atoms with van der Waals surface area (Å²) in [5, 5.41) is 5.70. The highest BCUT2D eigenvalue weighted by Crippen LogP contribution is 2.24. The van der Waals surface area contributed by atoms with Crippen LogP contribution in [0.2, 0.25) is 0 Å². The predicted octanol–water partition coefficient (Wildman–Crippen LogP) is 4.86. The van der Waals surface area contributed by atoms with E-state index in [-0.39, 0.29) is 30.1 Å². The molecule has 2 N–H and O–H groups in total. The molecule has 4 rings (SSSR count). The molecule has 0 saturated heterocycles. The van der Waals surface area contributed by atoms with Crippen molar-refractivity contribution >= 4 is 17.5 Å². The van der Waals surface area contributed by atoms with Gasteiger partial charge in [-0.05, 0) is 35.4 Å². The van der Waals surface area contributed by atoms with Gasteiger partial charge in [0.05, 0.1) is 6.26 Å². The fourth-order valence-corrected chi connectivity index (χ4v) is 3.48. The van der Waals surface area contributed by atoms with Crippen LogP contribution in [0, 0.1) is 0 Å². The highest BCUT2D eigenvalue weighted by Gasteiger charge is 2.15. The van der Waals surface area contributed by atoms with E-state index in [0.717, 1.165) is 11.1 Å². The van der Waals surface area contributed by atoms with Gasteiger partial charge in [0.1, 0.15) is 5.75 Å². The van der Waals surface area contributed by atoms with Crippen molar-refractivity contribution in [2.75, 3.05) is 18.5 Å². The van der Waals surface area contributed by atoms with Crippen LogP contribution in [0.25, 0.3) is 0 Å². The van der Waals surface area contributed by atoms with Gasteiger partial charge >= 0.3 is 0 Å². The molecule has 4 aromatic rings. The molecule has 33 heavy (non-hydrogen) atoms. The molecule has 0 bridgehead atoms. The molecule has 0 spiro atoms. The van der Waals surface area contributed by atoms with E-state index in [9.17, 15) is 9.59 Å². The average Bonchev–Trinajstić information content (AvgIpc) is 3.40. The van der Waals surface area contributed by atoms with Crippen molar-refractivity contribution in [1.82, 2.24) is 5.32 Å². The smallest absolute Gasteiger partial charge is 0.291 e. The monoisotopic (exact) mass is 440 g/mol. The number of furan rings is 1. The van der Waals surface area contributed by atoms with Gasteiger partial charge in [0.15, 0.2) is 12.4 Å². The number of hydrogen-bond acceptors (Lipinski definition) is 4. The third-order valence-corrected chi connectivity index (χ3v) is 5.11. The standard InChI is InChI=1S/C27H24N2O4/c30-26(28-18-24(20-9-3-1-4-10-20)21-11-5-2-6-12-21)19-33-23-14-7-13-22(17-23)29-27(31)25-15-8-16-32-25/h1-17,24H,18-19H2,(H,28,30)(H,29,31). The summed E-state index contributed by atoms with van der Waals surface area (Å²) >= 11 is 0. The average molecular weight is 440 g/mol. The first kappa shape index (κ1) is 21.9. The third-order valence-electron chi connectivity index (χ3n) is 5.11. The van der Waals surface area contributed by atoms with E-state index in [1.54, 1.807) is 36.4 Å². The molecule has 0 radical (unpaired) electrons.